The van der Waals surface area contributed by atoms with Crippen molar-refractivity contribution in [1.29, 1.82) is 0 Å². The minimum atomic E-state index is -0.272. The van der Waals surface area contributed by atoms with Gasteiger partial charge in [-0.25, -0.2) is 0 Å². The van der Waals surface area contributed by atoms with E-state index in [9.17, 15) is 4.79 Å². The molecule has 0 aromatic heterocycles. The Morgan fingerprint density at radius 3 is 2.71 bits per heavy atom. The highest BCUT2D eigenvalue weighted by molar-refractivity contribution is 5.78. The molecular weight excluding hydrogens is 346 g/mol. The Bertz CT molecular complexity index is 756. The Labute approximate surface area is 170 Å². The van der Waals surface area contributed by atoms with Gasteiger partial charge in [-0.2, -0.15) is 0 Å². The van der Waals surface area contributed by atoms with Crippen LogP contribution in [-0.4, -0.2) is 48.6 Å². The van der Waals surface area contributed by atoms with E-state index in [2.05, 4.69) is 57.3 Å². The van der Waals surface area contributed by atoms with Crippen molar-refractivity contribution in [3.8, 4) is 0 Å². The van der Waals surface area contributed by atoms with Gasteiger partial charge in [0, 0.05) is 24.4 Å². The number of likely N-dealkylation sites (N-methyl/N-ethyl adjacent to an activating group) is 1. The number of hydrogen-bond acceptors (Lipinski definition) is 3. The molecule has 2 fully saturated rings. The lowest BCUT2D eigenvalue weighted by molar-refractivity contribution is -0.133. The lowest BCUT2D eigenvalue weighted by atomic mass is 9.77. The molecule has 4 atom stereocenters. The summed E-state index contributed by atoms with van der Waals surface area (Å²) in [6, 6.07) is 8.73. The van der Waals surface area contributed by atoms with Crippen LogP contribution in [0.25, 0.3) is 0 Å². The van der Waals surface area contributed by atoms with Crippen LogP contribution in [0.2, 0.25) is 0 Å². The van der Waals surface area contributed by atoms with E-state index < -0.39 is 0 Å². The van der Waals surface area contributed by atoms with E-state index in [1.54, 1.807) is 0 Å². The summed E-state index contributed by atoms with van der Waals surface area (Å²) in [4.78, 5) is 17.3. The van der Waals surface area contributed by atoms with Gasteiger partial charge < -0.3 is 15.5 Å². The summed E-state index contributed by atoms with van der Waals surface area (Å²) in [6.07, 6.45) is 6.27. The van der Waals surface area contributed by atoms with E-state index >= 15 is 0 Å². The highest BCUT2D eigenvalue weighted by atomic mass is 16.2. The molecule has 3 rings (SSSR count). The first kappa shape index (κ1) is 20.8. The monoisotopic (exact) mass is 381 g/mol. The highest BCUT2D eigenvalue weighted by Gasteiger charge is 2.44. The van der Waals surface area contributed by atoms with Crippen molar-refractivity contribution in [1.82, 2.24) is 9.80 Å². The van der Waals surface area contributed by atoms with Crippen LogP contribution in [0.1, 0.15) is 43.2 Å². The molecule has 2 N–H and O–H groups in total. The Balaban J connectivity index is 1.75. The van der Waals surface area contributed by atoms with Gasteiger partial charge in [-0.3, -0.25) is 4.79 Å². The average Bonchev–Trinajstić information content (AvgIpc) is 3.01. The van der Waals surface area contributed by atoms with Gasteiger partial charge in [-0.1, -0.05) is 48.9 Å². The maximum Gasteiger partial charge on any atom is 0.224 e. The normalized spacial score (nSPS) is 30.7. The number of amides is 1. The van der Waals surface area contributed by atoms with Gasteiger partial charge in [-0.15, -0.1) is 6.58 Å². The predicted molar refractivity (Wildman–Crippen MR) is 116 cm³/mol. The molecule has 1 saturated carbocycles. The number of carbonyl (C=O) groups excluding carboxylic acids is 1. The minimum Gasteiger partial charge on any atom is -0.326 e. The third-order valence-corrected chi connectivity index (χ3v) is 6.85. The molecule has 1 aromatic rings. The van der Waals surface area contributed by atoms with Crippen molar-refractivity contribution >= 4 is 5.91 Å². The molecule has 0 bridgehead atoms. The zero-order valence-corrected chi connectivity index (χ0v) is 17.7. The zero-order chi connectivity index (χ0) is 20.5. The quantitative estimate of drug-likeness (QED) is 0.793. The molecule has 0 spiro atoms. The third-order valence-electron chi connectivity index (χ3n) is 6.85. The molecule has 4 unspecified atom stereocenters. The SMILES string of the molecule is C=CC1(c2ccccc2C)CC(N)N(C(=O)CC2CCCC(N(C)C)C2=C)C1. The summed E-state index contributed by atoms with van der Waals surface area (Å²) in [5.74, 6) is 0.397. The minimum absolute atomic E-state index is 0.148. The van der Waals surface area contributed by atoms with Crippen LogP contribution in [0.5, 0.6) is 0 Å². The van der Waals surface area contributed by atoms with Crippen LogP contribution >= 0.6 is 0 Å². The topological polar surface area (TPSA) is 49.6 Å². The van der Waals surface area contributed by atoms with Gasteiger partial charge in [0.25, 0.3) is 0 Å². The smallest absolute Gasteiger partial charge is 0.224 e. The third kappa shape index (κ3) is 3.81. The van der Waals surface area contributed by atoms with E-state index in [0.29, 0.717) is 19.0 Å². The molecule has 2 aliphatic rings. The predicted octanol–water partition coefficient (Wildman–Crippen LogP) is 3.61. The Hall–Kier alpha value is -1.91. The number of aryl methyl sites for hydroxylation is 1. The molecule has 0 radical (unpaired) electrons. The summed E-state index contributed by atoms with van der Waals surface area (Å²) in [5.41, 5.74) is 9.84. The number of nitrogens with zero attached hydrogens (tertiary/aromatic N) is 2. The largest absolute Gasteiger partial charge is 0.326 e. The molecule has 1 aromatic carbocycles. The molecule has 1 aliphatic heterocycles. The van der Waals surface area contributed by atoms with E-state index in [4.69, 9.17) is 5.73 Å². The Morgan fingerprint density at radius 1 is 1.36 bits per heavy atom. The molecule has 1 amide bonds. The number of rotatable bonds is 5. The molecule has 1 heterocycles. The van der Waals surface area contributed by atoms with E-state index in [-0.39, 0.29) is 23.4 Å². The Morgan fingerprint density at radius 2 is 2.07 bits per heavy atom. The molecule has 1 saturated heterocycles. The first-order chi connectivity index (χ1) is 13.3. The molecule has 1 aliphatic carbocycles. The second-order valence-corrected chi connectivity index (χ2v) is 8.85. The van der Waals surface area contributed by atoms with Gasteiger partial charge in [0.15, 0.2) is 0 Å². The standard InChI is InChI=1S/C24H35N3O/c1-6-24(20-12-8-7-10-17(20)2)15-22(25)27(16-24)23(28)14-19-11-9-13-21(18(19)3)26(4)5/h6-8,10,12,19,21-22H,1,3,9,11,13-16,25H2,2,4-5H3. The van der Waals surface area contributed by atoms with Crippen molar-refractivity contribution in [2.75, 3.05) is 20.6 Å². The fourth-order valence-corrected chi connectivity index (χ4v) is 5.18. The van der Waals surface area contributed by atoms with Crippen molar-refractivity contribution in [3.63, 3.8) is 0 Å². The van der Waals surface area contributed by atoms with Crippen molar-refractivity contribution in [2.45, 2.75) is 56.7 Å². The maximum atomic E-state index is 13.2. The number of benzene rings is 1. The van der Waals surface area contributed by atoms with Gasteiger partial charge >= 0.3 is 0 Å². The molecular formula is C24H35N3O. The molecule has 152 valence electrons. The number of carbonyl (C=O) groups is 1. The fraction of sp³-hybridized carbons (Fsp3) is 0.542. The van der Waals surface area contributed by atoms with E-state index in [1.807, 2.05) is 17.0 Å². The van der Waals surface area contributed by atoms with Crippen LogP contribution in [0.4, 0.5) is 0 Å². The summed E-state index contributed by atoms with van der Waals surface area (Å²) >= 11 is 0. The van der Waals surface area contributed by atoms with Crippen molar-refractivity contribution in [2.24, 2.45) is 11.7 Å². The first-order valence-corrected chi connectivity index (χ1v) is 10.4. The second-order valence-electron chi connectivity index (χ2n) is 8.85. The van der Waals surface area contributed by atoms with Crippen LogP contribution < -0.4 is 5.73 Å². The van der Waals surface area contributed by atoms with Gasteiger partial charge in [-0.05, 0) is 57.3 Å². The van der Waals surface area contributed by atoms with Crippen LogP contribution in [-0.2, 0) is 10.2 Å². The maximum absolute atomic E-state index is 13.2. The summed E-state index contributed by atoms with van der Waals surface area (Å²) in [7, 11) is 4.19. The van der Waals surface area contributed by atoms with E-state index in [0.717, 1.165) is 25.7 Å². The molecule has 4 nitrogen and oxygen atoms in total. The van der Waals surface area contributed by atoms with Crippen molar-refractivity contribution < 1.29 is 4.79 Å². The Kier molecular flexibility index (Phi) is 6.11. The molecule has 4 heteroatoms. The van der Waals surface area contributed by atoms with Crippen LogP contribution in [0.3, 0.4) is 0 Å². The average molecular weight is 382 g/mol. The second kappa shape index (κ2) is 8.22. The van der Waals surface area contributed by atoms with Gasteiger partial charge in [0.05, 0.1) is 6.17 Å². The summed E-state index contributed by atoms with van der Waals surface area (Å²) < 4.78 is 0. The lowest BCUT2D eigenvalue weighted by Gasteiger charge is -2.36. The van der Waals surface area contributed by atoms with Gasteiger partial charge in [0.2, 0.25) is 5.91 Å². The summed E-state index contributed by atoms with van der Waals surface area (Å²) in [6.45, 7) is 11.2. The fourth-order valence-electron chi connectivity index (χ4n) is 5.18. The van der Waals surface area contributed by atoms with E-state index in [1.165, 1.54) is 16.7 Å². The van der Waals surface area contributed by atoms with Crippen LogP contribution in [0.15, 0.2) is 49.1 Å². The van der Waals surface area contributed by atoms with Crippen molar-refractivity contribution in [3.05, 3.63) is 60.2 Å². The molecule has 28 heavy (non-hydrogen) atoms. The van der Waals surface area contributed by atoms with Crippen LogP contribution in [0, 0.1) is 12.8 Å². The first-order valence-electron chi connectivity index (χ1n) is 10.4. The number of hydrogen-bond donors (Lipinski definition) is 1. The van der Waals surface area contributed by atoms with Gasteiger partial charge in [0.1, 0.15) is 0 Å². The lowest BCUT2D eigenvalue weighted by Crippen LogP contribution is -2.43. The zero-order valence-electron chi connectivity index (χ0n) is 17.7. The number of likely N-dealkylation sites (tertiary alicyclic amines) is 1. The summed E-state index contributed by atoms with van der Waals surface area (Å²) in [5, 5.41) is 0. The number of nitrogens with two attached hydrogens (primary N) is 1. The highest BCUT2D eigenvalue weighted by Crippen LogP contribution is 2.40.